The van der Waals surface area contributed by atoms with Gasteiger partial charge in [0.2, 0.25) is 4.38 Å². The zero-order chi connectivity index (χ0) is 16.9. The minimum absolute atomic E-state index is 0.0817. The van der Waals surface area contributed by atoms with Gasteiger partial charge in [-0.1, -0.05) is 11.8 Å². The van der Waals surface area contributed by atoms with Crippen molar-refractivity contribution >= 4 is 28.4 Å². The second-order valence-electron chi connectivity index (χ2n) is 5.24. The minimum Gasteiger partial charge on any atom is -0.472 e. The lowest BCUT2D eigenvalue weighted by molar-refractivity contribution is -0.0172. The summed E-state index contributed by atoms with van der Waals surface area (Å²) >= 11 is 6.50. The van der Waals surface area contributed by atoms with E-state index in [1.54, 1.807) is 11.8 Å². The van der Waals surface area contributed by atoms with Gasteiger partial charge in [0.1, 0.15) is 12.2 Å². The van der Waals surface area contributed by atoms with E-state index in [0.717, 1.165) is 12.4 Å². The zero-order valence-electron chi connectivity index (χ0n) is 13.8. The summed E-state index contributed by atoms with van der Waals surface area (Å²) in [7, 11) is 0. The largest absolute Gasteiger partial charge is 0.472 e. The molecule has 2 aliphatic heterocycles. The molecule has 2 saturated heterocycles. The van der Waals surface area contributed by atoms with Crippen LogP contribution < -0.4 is 0 Å². The normalized spacial score (nSPS) is 22.8. The van der Waals surface area contributed by atoms with Gasteiger partial charge in [0.25, 0.3) is 0 Å². The summed E-state index contributed by atoms with van der Waals surface area (Å²) in [4.78, 5) is 0. The molecule has 2 atom stereocenters. The van der Waals surface area contributed by atoms with E-state index in [2.05, 4.69) is 0 Å². The molecule has 2 fully saturated rings. The third-order valence-corrected chi connectivity index (χ3v) is 4.47. The molecule has 140 valence electrons. The second kappa shape index (κ2) is 13.2. The summed E-state index contributed by atoms with van der Waals surface area (Å²) in [6.07, 6.45) is 0.394. The van der Waals surface area contributed by atoms with E-state index in [1.165, 1.54) is 0 Å². The van der Waals surface area contributed by atoms with E-state index >= 15 is 0 Å². The molecular formula is C15H26O7S2. The summed E-state index contributed by atoms with van der Waals surface area (Å²) in [6, 6.07) is 0. The highest BCUT2D eigenvalue weighted by Gasteiger charge is 2.22. The number of thiocarbonyl (C=S) groups is 1. The van der Waals surface area contributed by atoms with E-state index in [0.29, 0.717) is 76.6 Å². The maximum Gasteiger partial charge on any atom is 0.220 e. The van der Waals surface area contributed by atoms with Crippen LogP contribution in [-0.4, -0.2) is 95.0 Å². The van der Waals surface area contributed by atoms with E-state index < -0.39 is 0 Å². The summed E-state index contributed by atoms with van der Waals surface area (Å²) in [5, 5.41) is 0. The van der Waals surface area contributed by atoms with Gasteiger partial charge in [-0.25, -0.2) is 0 Å². The van der Waals surface area contributed by atoms with Crippen molar-refractivity contribution in [2.24, 2.45) is 0 Å². The third kappa shape index (κ3) is 10.8. The van der Waals surface area contributed by atoms with E-state index in [1.807, 2.05) is 0 Å². The van der Waals surface area contributed by atoms with E-state index in [4.69, 9.17) is 45.4 Å². The van der Waals surface area contributed by atoms with Crippen LogP contribution in [0.4, 0.5) is 0 Å². The fourth-order valence-electron chi connectivity index (χ4n) is 1.82. The van der Waals surface area contributed by atoms with Crippen LogP contribution in [0.3, 0.4) is 0 Å². The number of rotatable bonds is 16. The molecule has 2 heterocycles. The van der Waals surface area contributed by atoms with Gasteiger partial charge in [0.15, 0.2) is 0 Å². The molecule has 0 radical (unpaired) electrons. The van der Waals surface area contributed by atoms with Gasteiger partial charge in [-0.3, -0.25) is 0 Å². The highest BCUT2D eigenvalue weighted by molar-refractivity contribution is 8.22. The monoisotopic (exact) mass is 382 g/mol. The van der Waals surface area contributed by atoms with Gasteiger partial charge in [-0.15, -0.1) is 0 Å². The Morgan fingerprint density at radius 1 is 0.792 bits per heavy atom. The zero-order valence-corrected chi connectivity index (χ0v) is 15.4. The van der Waals surface area contributed by atoms with E-state index in [9.17, 15) is 0 Å². The predicted octanol–water partition coefficient (Wildman–Crippen LogP) is 0.885. The Labute approximate surface area is 152 Å². The van der Waals surface area contributed by atoms with Crippen LogP contribution in [0.15, 0.2) is 0 Å². The molecule has 0 aliphatic carbocycles. The molecule has 24 heavy (non-hydrogen) atoms. The molecule has 0 aromatic carbocycles. The van der Waals surface area contributed by atoms with Crippen LogP contribution in [0, 0.1) is 0 Å². The Morgan fingerprint density at radius 2 is 1.25 bits per heavy atom. The van der Waals surface area contributed by atoms with Crippen molar-refractivity contribution in [2.75, 3.05) is 78.4 Å². The Morgan fingerprint density at radius 3 is 1.67 bits per heavy atom. The van der Waals surface area contributed by atoms with Crippen molar-refractivity contribution in [2.45, 2.75) is 12.2 Å². The second-order valence-corrected chi connectivity index (χ2v) is 6.87. The lowest BCUT2D eigenvalue weighted by Crippen LogP contribution is -2.19. The molecule has 7 nitrogen and oxygen atoms in total. The molecule has 0 amide bonds. The van der Waals surface area contributed by atoms with Gasteiger partial charge in [-0.05, 0) is 12.2 Å². The molecule has 0 bridgehead atoms. The van der Waals surface area contributed by atoms with E-state index in [-0.39, 0.29) is 6.10 Å². The average Bonchev–Trinajstić information content (AvgIpc) is 3.31. The lowest BCUT2D eigenvalue weighted by Gasteiger charge is -2.10. The first-order valence-corrected chi connectivity index (χ1v) is 9.57. The SMILES string of the molecule is S=C1OC(COCCOCCOCCOCCOCC2CO2)CS1. The van der Waals surface area contributed by atoms with Crippen LogP contribution in [0.5, 0.6) is 0 Å². The van der Waals surface area contributed by atoms with Crippen LogP contribution in [0.2, 0.25) is 0 Å². The molecule has 2 rings (SSSR count). The summed E-state index contributed by atoms with van der Waals surface area (Å²) in [6.45, 7) is 6.54. The first kappa shape index (κ1) is 20.3. The molecule has 0 aromatic rings. The van der Waals surface area contributed by atoms with Crippen LogP contribution in [-0.2, 0) is 33.2 Å². The molecule has 2 unspecified atom stereocenters. The van der Waals surface area contributed by atoms with Gasteiger partial charge in [0, 0.05) is 5.75 Å². The lowest BCUT2D eigenvalue weighted by atomic mass is 10.4. The van der Waals surface area contributed by atoms with Crippen molar-refractivity contribution < 1.29 is 33.2 Å². The molecule has 0 spiro atoms. The molecule has 0 aromatic heterocycles. The fraction of sp³-hybridized carbons (Fsp3) is 0.933. The van der Waals surface area contributed by atoms with Crippen molar-refractivity contribution in [3.63, 3.8) is 0 Å². The summed E-state index contributed by atoms with van der Waals surface area (Å²) in [5.41, 5.74) is 0. The van der Waals surface area contributed by atoms with Gasteiger partial charge in [-0.2, -0.15) is 0 Å². The molecule has 2 aliphatic rings. The minimum atomic E-state index is 0.0817. The standard InChI is InChI=1S/C15H26O7S2/c23-15-22-14(12-24-15)10-20-8-6-18-4-2-16-1-3-17-5-7-19-9-13-11-21-13/h13-14H,1-12H2. The van der Waals surface area contributed by atoms with Crippen molar-refractivity contribution in [1.29, 1.82) is 0 Å². The highest BCUT2D eigenvalue weighted by atomic mass is 32.2. The molecule has 0 N–H and O–H groups in total. The summed E-state index contributed by atoms with van der Waals surface area (Å²) < 4.78 is 38.0. The first-order valence-electron chi connectivity index (χ1n) is 8.18. The average molecular weight is 383 g/mol. The smallest absolute Gasteiger partial charge is 0.220 e. The number of thioether (sulfide) groups is 1. The van der Waals surface area contributed by atoms with Gasteiger partial charge >= 0.3 is 0 Å². The number of epoxide rings is 1. The Kier molecular flexibility index (Phi) is 11.2. The van der Waals surface area contributed by atoms with Crippen molar-refractivity contribution in [1.82, 2.24) is 0 Å². The van der Waals surface area contributed by atoms with Gasteiger partial charge < -0.3 is 33.2 Å². The Balaban J connectivity index is 1.20. The third-order valence-electron chi connectivity index (χ3n) is 3.15. The Bertz CT molecular complexity index is 342. The van der Waals surface area contributed by atoms with Crippen LogP contribution >= 0.6 is 24.0 Å². The predicted molar refractivity (Wildman–Crippen MR) is 93.8 cm³/mol. The fourth-order valence-corrected chi connectivity index (χ4v) is 2.85. The van der Waals surface area contributed by atoms with Crippen LogP contribution in [0.1, 0.15) is 0 Å². The summed E-state index contributed by atoms with van der Waals surface area (Å²) in [5.74, 6) is 0.872. The Hall–Kier alpha value is 0. The van der Waals surface area contributed by atoms with Crippen molar-refractivity contribution in [3.05, 3.63) is 0 Å². The number of ether oxygens (including phenoxy) is 7. The number of hydrogen-bond acceptors (Lipinski definition) is 9. The maximum atomic E-state index is 5.47. The highest BCUT2D eigenvalue weighted by Crippen LogP contribution is 2.19. The quantitative estimate of drug-likeness (QED) is 0.220. The topological polar surface area (TPSA) is 67.9 Å². The first-order chi connectivity index (χ1) is 11.8. The molecule has 9 heteroatoms. The van der Waals surface area contributed by atoms with Crippen molar-refractivity contribution in [3.8, 4) is 0 Å². The maximum absolute atomic E-state index is 5.47. The van der Waals surface area contributed by atoms with Gasteiger partial charge in [0.05, 0.1) is 72.7 Å². The number of hydrogen-bond donors (Lipinski definition) is 0. The van der Waals surface area contributed by atoms with Crippen LogP contribution in [0.25, 0.3) is 0 Å². The molecular weight excluding hydrogens is 356 g/mol. The molecule has 0 saturated carbocycles.